The van der Waals surface area contributed by atoms with Gasteiger partial charge in [-0.2, -0.15) is 0 Å². The van der Waals surface area contributed by atoms with Crippen LogP contribution < -0.4 is 9.47 Å². The van der Waals surface area contributed by atoms with Gasteiger partial charge in [0.1, 0.15) is 4.99 Å². The van der Waals surface area contributed by atoms with Crippen molar-refractivity contribution in [3.63, 3.8) is 0 Å². The Morgan fingerprint density at radius 2 is 1.81 bits per heavy atom. The molecule has 148 valence electrons. The number of morpholine rings is 1. The minimum absolute atomic E-state index is 0.0189. The van der Waals surface area contributed by atoms with Crippen molar-refractivity contribution < 1.29 is 19.0 Å². The minimum atomic E-state index is 0.0189. The van der Waals surface area contributed by atoms with E-state index < -0.39 is 0 Å². The SMILES string of the molecule is COc1cc(C(=S)N2C[C@@H](C)O[C@@H](C)C2)ccc1OCC(=O)N1CCCC1. The van der Waals surface area contributed by atoms with E-state index in [0.717, 1.165) is 49.6 Å². The van der Waals surface area contributed by atoms with Crippen molar-refractivity contribution in [1.82, 2.24) is 9.80 Å². The van der Waals surface area contributed by atoms with Crippen LogP contribution in [-0.2, 0) is 9.53 Å². The van der Waals surface area contributed by atoms with E-state index >= 15 is 0 Å². The maximum atomic E-state index is 12.2. The average Bonchev–Trinajstić information content (AvgIpc) is 3.19. The first kappa shape index (κ1) is 19.9. The number of carbonyl (C=O) groups is 1. The van der Waals surface area contributed by atoms with Gasteiger partial charge in [0.05, 0.1) is 19.3 Å². The molecule has 2 atom stereocenters. The van der Waals surface area contributed by atoms with E-state index in [-0.39, 0.29) is 24.7 Å². The van der Waals surface area contributed by atoms with Crippen molar-refractivity contribution >= 4 is 23.1 Å². The number of rotatable bonds is 5. The maximum Gasteiger partial charge on any atom is 0.260 e. The number of benzene rings is 1. The van der Waals surface area contributed by atoms with Crippen LogP contribution in [0.4, 0.5) is 0 Å². The van der Waals surface area contributed by atoms with E-state index in [0.29, 0.717) is 11.5 Å². The number of nitrogens with zero attached hydrogens (tertiary/aromatic N) is 2. The monoisotopic (exact) mass is 392 g/mol. The van der Waals surface area contributed by atoms with Crippen LogP contribution in [0.15, 0.2) is 18.2 Å². The lowest BCUT2D eigenvalue weighted by Gasteiger charge is -2.37. The Kier molecular flexibility index (Phi) is 6.55. The van der Waals surface area contributed by atoms with Crippen LogP contribution in [0.2, 0.25) is 0 Å². The summed E-state index contributed by atoms with van der Waals surface area (Å²) in [6.07, 6.45) is 2.43. The highest BCUT2D eigenvalue weighted by Gasteiger charge is 2.25. The van der Waals surface area contributed by atoms with Crippen LogP contribution in [0, 0.1) is 0 Å². The summed E-state index contributed by atoms with van der Waals surface area (Å²) in [7, 11) is 1.59. The van der Waals surface area contributed by atoms with Gasteiger partial charge in [0.2, 0.25) is 0 Å². The summed E-state index contributed by atoms with van der Waals surface area (Å²) in [6.45, 7) is 7.33. The number of amides is 1. The number of carbonyl (C=O) groups excluding carboxylic acids is 1. The summed E-state index contributed by atoms with van der Waals surface area (Å²) >= 11 is 5.69. The third-order valence-electron chi connectivity index (χ3n) is 4.93. The van der Waals surface area contributed by atoms with Crippen LogP contribution in [0.3, 0.4) is 0 Å². The van der Waals surface area contributed by atoms with Gasteiger partial charge in [0, 0.05) is 31.7 Å². The number of ether oxygens (including phenoxy) is 3. The quantitative estimate of drug-likeness (QED) is 0.718. The van der Waals surface area contributed by atoms with Gasteiger partial charge in [-0.3, -0.25) is 4.79 Å². The largest absolute Gasteiger partial charge is 0.493 e. The first-order valence-corrected chi connectivity index (χ1v) is 9.92. The molecule has 0 N–H and O–H groups in total. The van der Waals surface area contributed by atoms with Crippen molar-refractivity contribution in [2.45, 2.75) is 38.9 Å². The summed E-state index contributed by atoms with van der Waals surface area (Å²) in [5, 5.41) is 0. The summed E-state index contributed by atoms with van der Waals surface area (Å²) in [4.78, 5) is 17.0. The Labute approximate surface area is 166 Å². The molecule has 2 aliphatic rings. The Hall–Kier alpha value is -1.86. The van der Waals surface area contributed by atoms with Crippen LogP contribution >= 0.6 is 12.2 Å². The fourth-order valence-corrected chi connectivity index (χ4v) is 3.92. The molecular weight excluding hydrogens is 364 g/mol. The summed E-state index contributed by atoms with van der Waals surface area (Å²) < 4.78 is 17.0. The van der Waals surface area contributed by atoms with Gasteiger partial charge in [-0.1, -0.05) is 12.2 Å². The van der Waals surface area contributed by atoms with Gasteiger partial charge in [-0.25, -0.2) is 0 Å². The number of hydrogen-bond acceptors (Lipinski definition) is 5. The predicted octanol–water partition coefficient (Wildman–Crippen LogP) is 2.48. The molecular formula is C20H28N2O4S. The van der Waals surface area contributed by atoms with E-state index in [1.807, 2.05) is 23.1 Å². The third kappa shape index (κ3) is 4.90. The molecule has 7 heteroatoms. The molecule has 0 aliphatic carbocycles. The smallest absolute Gasteiger partial charge is 0.260 e. The van der Waals surface area contributed by atoms with Crippen molar-refractivity contribution in [2.75, 3.05) is 39.9 Å². The van der Waals surface area contributed by atoms with Crippen LogP contribution in [0.1, 0.15) is 32.3 Å². The second kappa shape index (κ2) is 8.89. The predicted molar refractivity (Wildman–Crippen MR) is 108 cm³/mol. The maximum absolute atomic E-state index is 12.2. The minimum Gasteiger partial charge on any atom is -0.493 e. The molecule has 2 heterocycles. The topological polar surface area (TPSA) is 51.2 Å². The molecule has 0 unspecified atom stereocenters. The van der Waals surface area contributed by atoms with Crippen LogP contribution in [-0.4, -0.2) is 72.8 Å². The molecule has 0 radical (unpaired) electrons. The second-order valence-electron chi connectivity index (χ2n) is 7.21. The van der Waals surface area contributed by atoms with Gasteiger partial charge in [-0.15, -0.1) is 0 Å². The third-order valence-corrected chi connectivity index (χ3v) is 5.42. The lowest BCUT2D eigenvalue weighted by atomic mass is 10.1. The number of likely N-dealkylation sites (tertiary alicyclic amines) is 1. The highest BCUT2D eigenvalue weighted by atomic mass is 32.1. The molecule has 0 bridgehead atoms. The lowest BCUT2D eigenvalue weighted by Crippen LogP contribution is -2.47. The van der Waals surface area contributed by atoms with Gasteiger partial charge >= 0.3 is 0 Å². The zero-order valence-electron chi connectivity index (χ0n) is 16.3. The second-order valence-corrected chi connectivity index (χ2v) is 7.60. The Bertz CT molecular complexity index is 681. The number of methoxy groups -OCH3 is 1. The van der Waals surface area contributed by atoms with Gasteiger partial charge in [0.15, 0.2) is 18.1 Å². The molecule has 0 saturated carbocycles. The highest BCUT2D eigenvalue weighted by Crippen LogP contribution is 2.29. The molecule has 2 aliphatic heterocycles. The van der Waals surface area contributed by atoms with Crippen molar-refractivity contribution in [3.05, 3.63) is 23.8 Å². The van der Waals surface area contributed by atoms with Crippen molar-refractivity contribution in [2.24, 2.45) is 0 Å². The zero-order valence-corrected chi connectivity index (χ0v) is 17.1. The van der Waals surface area contributed by atoms with Gasteiger partial charge in [-0.05, 0) is 44.9 Å². The Morgan fingerprint density at radius 3 is 2.44 bits per heavy atom. The fourth-order valence-electron chi connectivity index (χ4n) is 3.64. The highest BCUT2D eigenvalue weighted by molar-refractivity contribution is 7.80. The first-order chi connectivity index (χ1) is 13.0. The number of thiocarbonyl (C=S) groups is 1. The summed E-state index contributed by atoms with van der Waals surface area (Å²) in [6, 6.07) is 5.62. The molecule has 1 amide bonds. The molecule has 2 fully saturated rings. The van der Waals surface area contributed by atoms with E-state index in [1.165, 1.54) is 0 Å². The molecule has 27 heavy (non-hydrogen) atoms. The summed E-state index contributed by atoms with van der Waals surface area (Å²) in [5.74, 6) is 1.16. The average molecular weight is 393 g/mol. The van der Waals surface area contributed by atoms with Crippen LogP contribution in [0.25, 0.3) is 0 Å². The van der Waals surface area contributed by atoms with Gasteiger partial charge < -0.3 is 24.0 Å². The normalized spacial score (nSPS) is 22.6. The molecule has 0 spiro atoms. The van der Waals surface area contributed by atoms with E-state index in [4.69, 9.17) is 26.4 Å². The molecule has 1 aromatic carbocycles. The van der Waals surface area contributed by atoms with Crippen molar-refractivity contribution in [1.29, 1.82) is 0 Å². The van der Waals surface area contributed by atoms with Crippen molar-refractivity contribution in [3.8, 4) is 11.5 Å². The molecule has 0 aromatic heterocycles. The molecule has 2 saturated heterocycles. The molecule has 6 nitrogen and oxygen atoms in total. The Balaban J connectivity index is 1.66. The van der Waals surface area contributed by atoms with Gasteiger partial charge in [0.25, 0.3) is 5.91 Å². The standard InChI is InChI=1S/C20H28N2O4S/c1-14-11-22(12-15(2)26-14)20(27)16-6-7-17(18(10-16)24-3)25-13-19(23)21-8-4-5-9-21/h6-7,10,14-15H,4-5,8-9,11-13H2,1-3H3/t14-,15+. The van der Waals surface area contributed by atoms with E-state index in [9.17, 15) is 4.79 Å². The molecule has 1 aromatic rings. The van der Waals surface area contributed by atoms with E-state index in [1.54, 1.807) is 7.11 Å². The van der Waals surface area contributed by atoms with E-state index in [2.05, 4.69) is 18.7 Å². The first-order valence-electron chi connectivity index (χ1n) is 9.51. The Morgan fingerprint density at radius 1 is 1.15 bits per heavy atom. The fraction of sp³-hybridized carbons (Fsp3) is 0.600. The molecule has 3 rings (SSSR count). The lowest BCUT2D eigenvalue weighted by molar-refractivity contribution is -0.132. The number of hydrogen-bond donors (Lipinski definition) is 0. The van der Waals surface area contributed by atoms with Crippen LogP contribution in [0.5, 0.6) is 11.5 Å². The summed E-state index contributed by atoms with van der Waals surface area (Å²) in [5.41, 5.74) is 0.904. The zero-order chi connectivity index (χ0) is 19.4.